The van der Waals surface area contributed by atoms with Gasteiger partial charge in [0.25, 0.3) is 0 Å². The number of benzene rings is 1. The number of carbonyl (C=O) groups excluding carboxylic acids is 1. The number of hydrogen-bond acceptors (Lipinski definition) is 6. The van der Waals surface area contributed by atoms with Crippen molar-refractivity contribution in [3.8, 4) is 0 Å². The van der Waals surface area contributed by atoms with Gasteiger partial charge in [0, 0.05) is 24.4 Å². The number of sulfonamides is 1. The number of nitrogens with one attached hydrogen (secondary N) is 1. The number of primary sulfonamides is 1. The molecule has 1 aromatic carbocycles. The summed E-state index contributed by atoms with van der Waals surface area (Å²) in [4.78, 5) is 29.7. The molecule has 4 N–H and O–H groups in total. The number of nitrogens with two attached hydrogens (primary N) is 1. The molecule has 1 atom stereocenters. The lowest BCUT2D eigenvalue weighted by atomic mass is 9.79. The fourth-order valence-electron chi connectivity index (χ4n) is 5.81. The maximum absolute atomic E-state index is 13.0. The first-order chi connectivity index (χ1) is 18.6. The summed E-state index contributed by atoms with van der Waals surface area (Å²) in [7, 11) is -3.83. The number of nitrogens with zero attached hydrogens (tertiary/aromatic N) is 1. The Hall–Kier alpha value is -2.82. The molecule has 0 unspecified atom stereocenters. The van der Waals surface area contributed by atoms with Crippen LogP contribution in [0.1, 0.15) is 73.9 Å². The molecule has 1 aromatic heterocycles. The van der Waals surface area contributed by atoms with E-state index in [4.69, 9.17) is 14.9 Å². The minimum absolute atomic E-state index is 0.0310. The van der Waals surface area contributed by atoms with Gasteiger partial charge in [-0.15, -0.1) is 0 Å². The molecule has 3 aliphatic rings. The highest BCUT2D eigenvalue weighted by Gasteiger charge is 2.52. The van der Waals surface area contributed by atoms with Crippen molar-refractivity contribution in [1.82, 2.24) is 10.3 Å². The van der Waals surface area contributed by atoms with Crippen LogP contribution in [0.15, 0.2) is 41.3 Å². The van der Waals surface area contributed by atoms with Crippen molar-refractivity contribution >= 4 is 21.9 Å². The summed E-state index contributed by atoms with van der Waals surface area (Å²) in [5.74, 6) is -0.868. The third-order valence-electron chi connectivity index (χ3n) is 8.52. The summed E-state index contributed by atoms with van der Waals surface area (Å²) in [5.41, 5.74) is 3.68. The molecule has 2 saturated carbocycles. The fraction of sp³-hybridized carbons (Fsp3) is 0.552. The SMILES string of the molecule is NS(=O)(=O)c1ccc(C2(C(=O)N[C@@H](CCOC3CC(CCc4ccc5c(n4)CCCC5)C3)C(=O)O)CC2)cc1. The molecule has 0 aliphatic heterocycles. The molecule has 39 heavy (non-hydrogen) atoms. The first kappa shape index (κ1) is 27.7. The Morgan fingerprint density at radius 2 is 1.82 bits per heavy atom. The van der Waals surface area contributed by atoms with Crippen LogP contribution in [-0.2, 0) is 49.0 Å². The first-order valence-corrected chi connectivity index (χ1v) is 15.4. The maximum atomic E-state index is 13.0. The highest BCUT2D eigenvalue weighted by molar-refractivity contribution is 7.89. The van der Waals surface area contributed by atoms with Gasteiger partial charge >= 0.3 is 5.97 Å². The molecule has 210 valence electrons. The number of rotatable bonds is 12. The molecule has 5 rings (SSSR count). The average molecular weight is 556 g/mol. The van der Waals surface area contributed by atoms with Crippen LogP contribution in [-0.4, -0.2) is 49.1 Å². The molecule has 0 spiro atoms. The quantitative estimate of drug-likeness (QED) is 0.364. The highest BCUT2D eigenvalue weighted by Crippen LogP contribution is 2.48. The molecule has 2 fully saturated rings. The number of fused-ring (bicyclic) bond motifs is 1. The predicted octanol–water partition coefficient (Wildman–Crippen LogP) is 3.03. The second kappa shape index (κ2) is 11.3. The molecule has 0 radical (unpaired) electrons. The summed E-state index contributed by atoms with van der Waals surface area (Å²) >= 11 is 0. The number of amides is 1. The smallest absolute Gasteiger partial charge is 0.326 e. The molecular formula is C29H37N3O6S. The molecule has 10 heteroatoms. The van der Waals surface area contributed by atoms with E-state index >= 15 is 0 Å². The van der Waals surface area contributed by atoms with E-state index in [-0.39, 0.29) is 29.9 Å². The number of aromatic nitrogens is 1. The number of carboxylic acid groups (broad SMARTS) is 1. The Labute approximate surface area is 229 Å². The summed E-state index contributed by atoms with van der Waals surface area (Å²) in [6.07, 6.45) is 10.2. The minimum atomic E-state index is -3.83. The number of pyridine rings is 1. The molecule has 0 bridgehead atoms. The molecule has 1 heterocycles. The lowest BCUT2D eigenvalue weighted by Crippen LogP contribution is -2.46. The van der Waals surface area contributed by atoms with E-state index in [0.717, 1.165) is 38.5 Å². The van der Waals surface area contributed by atoms with Crippen LogP contribution in [0.2, 0.25) is 0 Å². The van der Waals surface area contributed by atoms with Crippen LogP contribution in [0.3, 0.4) is 0 Å². The van der Waals surface area contributed by atoms with Crippen LogP contribution in [0.4, 0.5) is 0 Å². The Bertz CT molecular complexity index is 1320. The van der Waals surface area contributed by atoms with Gasteiger partial charge in [-0.05, 0) is 99.5 Å². The van der Waals surface area contributed by atoms with E-state index in [1.165, 1.54) is 41.9 Å². The van der Waals surface area contributed by atoms with Gasteiger partial charge in [0.1, 0.15) is 6.04 Å². The van der Waals surface area contributed by atoms with E-state index in [1.807, 2.05) is 0 Å². The van der Waals surface area contributed by atoms with Gasteiger partial charge in [-0.2, -0.15) is 0 Å². The monoisotopic (exact) mass is 555 g/mol. The van der Waals surface area contributed by atoms with Crippen LogP contribution < -0.4 is 10.5 Å². The van der Waals surface area contributed by atoms with Crippen LogP contribution >= 0.6 is 0 Å². The van der Waals surface area contributed by atoms with E-state index < -0.39 is 27.4 Å². The minimum Gasteiger partial charge on any atom is -0.480 e. The summed E-state index contributed by atoms with van der Waals surface area (Å²) < 4.78 is 28.9. The zero-order valence-corrected chi connectivity index (χ0v) is 22.9. The predicted molar refractivity (Wildman–Crippen MR) is 145 cm³/mol. The van der Waals surface area contributed by atoms with Gasteiger partial charge in [0.05, 0.1) is 16.4 Å². The van der Waals surface area contributed by atoms with Crippen LogP contribution in [0.25, 0.3) is 0 Å². The Balaban J connectivity index is 1.04. The topological polar surface area (TPSA) is 149 Å². The molecule has 2 aromatic rings. The van der Waals surface area contributed by atoms with E-state index in [2.05, 4.69) is 17.4 Å². The normalized spacial score (nSPS) is 22.3. The average Bonchev–Trinajstić information content (AvgIpc) is 3.70. The first-order valence-electron chi connectivity index (χ1n) is 13.9. The number of aliphatic carboxylic acids is 1. The summed E-state index contributed by atoms with van der Waals surface area (Å²) in [5, 5.41) is 17.5. The lowest BCUT2D eigenvalue weighted by Gasteiger charge is -2.35. The van der Waals surface area contributed by atoms with Crippen molar-refractivity contribution in [3.05, 3.63) is 58.9 Å². The third kappa shape index (κ3) is 6.50. The third-order valence-corrected chi connectivity index (χ3v) is 9.45. The van der Waals surface area contributed by atoms with Crippen LogP contribution in [0.5, 0.6) is 0 Å². The van der Waals surface area contributed by atoms with Crippen molar-refractivity contribution in [2.75, 3.05) is 6.61 Å². The van der Waals surface area contributed by atoms with Gasteiger partial charge in [0.2, 0.25) is 15.9 Å². The number of aryl methyl sites for hydroxylation is 3. The van der Waals surface area contributed by atoms with Crippen molar-refractivity contribution in [3.63, 3.8) is 0 Å². The second-order valence-corrected chi connectivity index (χ2v) is 12.9. The molecule has 9 nitrogen and oxygen atoms in total. The lowest BCUT2D eigenvalue weighted by molar-refractivity contribution is -0.143. The Morgan fingerprint density at radius 3 is 2.49 bits per heavy atom. The second-order valence-electron chi connectivity index (χ2n) is 11.3. The Morgan fingerprint density at radius 1 is 1.10 bits per heavy atom. The van der Waals surface area contributed by atoms with Crippen LogP contribution in [0, 0.1) is 5.92 Å². The Kier molecular flexibility index (Phi) is 8.07. The van der Waals surface area contributed by atoms with Gasteiger partial charge in [-0.25, -0.2) is 18.4 Å². The maximum Gasteiger partial charge on any atom is 0.326 e. The van der Waals surface area contributed by atoms with Crippen molar-refractivity contribution in [2.45, 2.75) is 93.1 Å². The van der Waals surface area contributed by atoms with Crippen molar-refractivity contribution in [1.29, 1.82) is 0 Å². The van der Waals surface area contributed by atoms with Crippen molar-refractivity contribution in [2.24, 2.45) is 11.1 Å². The highest BCUT2D eigenvalue weighted by atomic mass is 32.2. The zero-order chi connectivity index (χ0) is 27.6. The van der Waals surface area contributed by atoms with Gasteiger partial charge in [0.15, 0.2) is 0 Å². The standard InChI is InChI=1S/C29H37N3O6S/c30-39(36,37)24-11-7-21(8-12-24)29(14-15-29)28(35)32-26(27(33)34)13-16-38-23-17-19(18-23)5-9-22-10-6-20-3-1-2-4-25(20)31-22/h6-8,10-12,19,23,26H,1-5,9,13-18H2,(H,32,35)(H,33,34)(H2,30,36,37)/t19?,23?,26-/m0/s1. The molecule has 3 aliphatic carbocycles. The van der Waals surface area contributed by atoms with Crippen molar-refractivity contribution < 1.29 is 27.9 Å². The van der Waals surface area contributed by atoms with E-state index in [0.29, 0.717) is 24.3 Å². The number of ether oxygens (including phenoxy) is 1. The number of carbonyl (C=O) groups is 2. The number of hydrogen-bond donors (Lipinski definition) is 3. The van der Waals surface area contributed by atoms with Gasteiger partial charge < -0.3 is 15.2 Å². The molecular weight excluding hydrogens is 518 g/mol. The summed E-state index contributed by atoms with van der Waals surface area (Å²) in [6, 6.07) is 9.24. The largest absolute Gasteiger partial charge is 0.480 e. The van der Waals surface area contributed by atoms with Gasteiger partial charge in [-0.3, -0.25) is 9.78 Å². The zero-order valence-electron chi connectivity index (χ0n) is 22.1. The van der Waals surface area contributed by atoms with E-state index in [1.54, 1.807) is 12.1 Å². The number of carboxylic acids is 1. The fourth-order valence-corrected chi connectivity index (χ4v) is 6.32. The molecule has 1 amide bonds. The molecule has 0 saturated heterocycles. The van der Waals surface area contributed by atoms with Gasteiger partial charge in [-0.1, -0.05) is 18.2 Å². The summed E-state index contributed by atoms with van der Waals surface area (Å²) in [6.45, 7) is 0.261. The van der Waals surface area contributed by atoms with E-state index in [9.17, 15) is 23.1 Å².